The number of nitrogens with zero attached hydrogens (tertiary/aromatic N) is 3. The maximum Gasteiger partial charge on any atom is 0.317 e. The minimum absolute atomic E-state index is 0.0113. The highest BCUT2D eigenvalue weighted by atomic mass is 16.2. The van der Waals surface area contributed by atoms with Crippen molar-refractivity contribution < 1.29 is 14.4 Å². The number of piperidine rings is 3. The lowest BCUT2D eigenvalue weighted by Crippen LogP contribution is -2.53. The molecule has 0 aromatic carbocycles. The fourth-order valence-corrected chi connectivity index (χ4v) is 5.78. The van der Waals surface area contributed by atoms with Gasteiger partial charge >= 0.3 is 6.03 Å². The van der Waals surface area contributed by atoms with Crippen LogP contribution in [0, 0.1) is 5.41 Å². The van der Waals surface area contributed by atoms with E-state index >= 15 is 0 Å². The lowest BCUT2D eigenvalue weighted by Gasteiger charge is -2.42. The van der Waals surface area contributed by atoms with E-state index in [0.29, 0.717) is 32.1 Å². The molecule has 3 fully saturated rings. The van der Waals surface area contributed by atoms with Crippen molar-refractivity contribution >= 4 is 17.8 Å². The zero-order valence-electron chi connectivity index (χ0n) is 20.5. The molecule has 8 nitrogen and oxygen atoms in total. The highest BCUT2D eigenvalue weighted by molar-refractivity contribution is 5.84. The molecular formula is C26H41N5O3. The molecule has 4 aliphatic heterocycles. The summed E-state index contributed by atoms with van der Waals surface area (Å²) in [6, 6.07) is 0.450. The first-order chi connectivity index (χ1) is 16.5. The largest absolute Gasteiger partial charge is 0.355 e. The zero-order chi connectivity index (χ0) is 23.8. The molecule has 0 saturated carbocycles. The molecule has 0 atom stereocenters. The van der Waals surface area contributed by atoms with Crippen molar-refractivity contribution in [2.24, 2.45) is 5.41 Å². The standard InChI is InChI=1S/C26H41N5O3/c32-23-8-4-1-2-5-11-26(21-28-23)12-18-31(19-13-26)25(34)27-20-24(33)30-16-9-22(10-17-30)29-14-6-3-7-15-29/h1-2,4-5,22H,3,6-21H2,(H,27,34)(H,28,32)/b4-1-,5-2-. The molecule has 0 aliphatic carbocycles. The van der Waals surface area contributed by atoms with Crippen LogP contribution < -0.4 is 10.6 Å². The van der Waals surface area contributed by atoms with E-state index in [0.717, 1.165) is 45.2 Å². The molecule has 4 rings (SSSR count). The monoisotopic (exact) mass is 471 g/mol. The number of urea groups is 1. The van der Waals surface area contributed by atoms with E-state index < -0.39 is 0 Å². The average Bonchev–Trinajstić information content (AvgIpc) is 2.89. The molecular weight excluding hydrogens is 430 g/mol. The van der Waals surface area contributed by atoms with Crippen molar-refractivity contribution in [1.82, 2.24) is 25.3 Å². The van der Waals surface area contributed by atoms with Crippen LogP contribution in [0.15, 0.2) is 24.3 Å². The molecule has 0 unspecified atom stereocenters. The van der Waals surface area contributed by atoms with E-state index in [9.17, 15) is 14.4 Å². The Kier molecular flexibility index (Phi) is 8.64. The summed E-state index contributed by atoms with van der Waals surface area (Å²) in [5.41, 5.74) is -0.0113. The Bertz CT molecular complexity index is 773. The Morgan fingerprint density at radius 3 is 2.38 bits per heavy atom. The van der Waals surface area contributed by atoms with Gasteiger partial charge in [-0.3, -0.25) is 9.59 Å². The number of rotatable bonds is 3. The Balaban J connectivity index is 1.18. The van der Waals surface area contributed by atoms with E-state index in [1.54, 1.807) is 0 Å². The van der Waals surface area contributed by atoms with Crippen molar-refractivity contribution in [3.05, 3.63) is 24.3 Å². The molecule has 0 bridgehead atoms. The van der Waals surface area contributed by atoms with E-state index in [2.05, 4.69) is 21.6 Å². The first-order valence-electron chi connectivity index (χ1n) is 13.2. The smallest absolute Gasteiger partial charge is 0.317 e. The molecule has 188 valence electrons. The van der Waals surface area contributed by atoms with Gasteiger partial charge < -0.3 is 25.3 Å². The Hall–Kier alpha value is -2.35. The SMILES string of the molecule is O=C1C/C=C\C=C/CC2(CCN(C(=O)NCC(=O)N3CCC(N4CCCCC4)CC3)CC2)CN1. The van der Waals surface area contributed by atoms with Crippen molar-refractivity contribution in [3.8, 4) is 0 Å². The second-order valence-corrected chi connectivity index (χ2v) is 10.4. The van der Waals surface area contributed by atoms with E-state index in [1.807, 2.05) is 28.0 Å². The van der Waals surface area contributed by atoms with Crippen LogP contribution in [0.1, 0.15) is 57.8 Å². The van der Waals surface area contributed by atoms with Crippen LogP contribution in [-0.4, -0.2) is 90.9 Å². The Labute approximate surface area is 203 Å². The summed E-state index contributed by atoms with van der Waals surface area (Å²) in [7, 11) is 0. The number of hydrogen-bond acceptors (Lipinski definition) is 4. The summed E-state index contributed by atoms with van der Waals surface area (Å²) in [4.78, 5) is 43.7. The van der Waals surface area contributed by atoms with Crippen molar-refractivity contribution in [3.63, 3.8) is 0 Å². The summed E-state index contributed by atoms with van der Waals surface area (Å²) < 4.78 is 0. The predicted molar refractivity (Wildman–Crippen MR) is 132 cm³/mol. The number of likely N-dealkylation sites (tertiary alicyclic amines) is 3. The lowest BCUT2D eigenvalue weighted by molar-refractivity contribution is -0.131. The molecule has 3 saturated heterocycles. The molecule has 1 spiro atoms. The van der Waals surface area contributed by atoms with Crippen LogP contribution in [0.3, 0.4) is 0 Å². The maximum atomic E-state index is 12.7. The fraction of sp³-hybridized carbons (Fsp3) is 0.731. The van der Waals surface area contributed by atoms with Gasteiger partial charge in [0.05, 0.1) is 6.54 Å². The average molecular weight is 472 g/mol. The van der Waals surface area contributed by atoms with Gasteiger partial charge in [-0.2, -0.15) is 0 Å². The normalized spacial score (nSPS) is 26.5. The van der Waals surface area contributed by atoms with Crippen molar-refractivity contribution in [2.45, 2.75) is 63.8 Å². The molecule has 0 aromatic heterocycles. The highest BCUT2D eigenvalue weighted by Crippen LogP contribution is 2.35. The number of carbonyl (C=O) groups is 3. The third-order valence-electron chi connectivity index (χ3n) is 8.12. The quantitative estimate of drug-likeness (QED) is 0.661. The summed E-state index contributed by atoms with van der Waals surface area (Å²) in [5, 5.41) is 5.92. The van der Waals surface area contributed by atoms with Gasteiger partial charge in [0.15, 0.2) is 0 Å². The number of hydrogen-bond donors (Lipinski definition) is 2. The molecule has 34 heavy (non-hydrogen) atoms. The van der Waals surface area contributed by atoms with Crippen LogP contribution in [0.5, 0.6) is 0 Å². The number of allylic oxidation sites excluding steroid dienone is 3. The third-order valence-corrected chi connectivity index (χ3v) is 8.12. The van der Waals surface area contributed by atoms with Gasteiger partial charge in [0, 0.05) is 45.2 Å². The van der Waals surface area contributed by atoms with Crippen LogP contribution in [0.25, 0.3) is 0 Å². The van der Waals surface area contributed by atoms with E-state index in [-0.39, 0.29) is 29.8 Å². The van der Waals surface area contributed by atoms with Gasteiger partial charge in [-0.05, 0) is 63.5 Å². The minimum atomic E-state index is -0.159. The second-order valence-electron chi connectivity index (χ2n) is 10.4. The Morgan fingerprint density at radius 2 is 1.65 bits per heavy atom. The molecule has 0 aromatic rings. The fourth-order valence-electron chi connectivity index (χ4n) is 5.78. The summed E-state index contributed by atoms with van der Waals surface area (Å²) in [5.74, 6) is 0.0664. The van der Waals surface area contributed by atoms with Crippen molar-refractivity contribution in [2.75, 3.05) is 52.4 Å². The Morgan fingerprint density at radius 1 is 0.941 bits per heavy atom. The highest BCUT2D eigenvalue weighted by Gasteiger charge is 2.36. The summed E-state index contributed by atoms with van der Waals surface area (Å²) >= 11 is 0. The van der Waals surface area contributed by atoms with E-state index in [1.165, 1.54) is 32.4 Å². The van der Waals surface area contributed by atoms with Crippen LogP contribution >= 0.6 is 0 Å². The second kappa shape index (κ2) is 11.9. The van der Waals surface area contributed by atoms with Crippen LogP contribution in [0.2, 0.25) is 0 Å². The molecule has 4 heterocycles. The molecule has 0 radical (unpaired) electrons. The number of carbonyl (C=O) groups excluding carboxylic acids is 3. The van der Waals surface area contributed by atoms with Gasteiger partial charge in [-0.1, -0.05) is 30.7 Å². The molecule has 2 N–H and O–H groups in total. The predicted octanol–water partition coefficient (Wildman–Crippen LogP) is 2.28. The topological polar surface area (TPSA) is 85.0 Å². The van der Waals surface area contributed by atoms with E-state index in [4.69, 9.17) is 0 Å². The number of amides is 4. The van der Waals surface area contributed by atoms with Gasteiger partial charge in [-0.15, -0.1) is 0 Å². The first-order valence-corrected chi connectivity index (χ1v) is 13.2. The van der Waals surface area contributed by atoms with Gasteiger partial charge in [0.25, 0.3) is 0 Å². The molecule has 8 heteroatoms. The van der Waals surface area contributed by atoms with Crippen LogP contribution in [-0.2, 0) is 9.59 Å². The van der Waals surface area contributed by atoms with Gasteiger partial charge in [0.2, 0.25) is 11.8 Å². The van der Waals surface area contributed by atoms with Gasteiger partial charge in [0.1, 0.15) is 0 Å². The van der Waals surface area contributed by atoms with Gasteiger partial charge in [-0.25, -0.2) is 4.79 Å². The number of nitrogens with one attached hydrogen (secondary N) is 2. The third kappa shape index (κ3) is 6.62. The van der Waals surface area contributed by atoms with Crippen molar-refractivity contribution in [1.29, 1.82) is 0 Å². The lowest BCUT2D eigenvalue weighted by atomic mass is 9.75. The molecule has 4 amide bonds. The minimum Gasteiger partial charge on any atom is -0.355 e. The first kappa shape index (κ1) is 24.8. The zero-order valence-corrected chi connectivity index (χ0v) is 20.5. The summed E-state index contributed by atoms with van der Waals surface area (Å²) in [6.45, 7) is 5.97. The molecule has 4 aliphatic rings. The van der Waals surface area contributed by atoms with Crippen LogP contribution in [0.4, 0.5) is 4.79 Å². The maximum absolute atomic E-state index is 12.7. The summed E-state index contributed by atoms with van der Waals surface area (Å²) in [6.07, 6.45) is 17.0.